The van der Waals surface area contributed by atoms with Crippen molar-refractivity contribution in [3.8, 4) is 0 Å². The van der Waals surface area contributed by atoms with Gasteiger partial charge in [-0.15, -0.1) is 0 Å². The van der Waals surface area contributed by atoms with Gasteiger partial charge in [0.05, 0.1) is 0 Å². The minimum atomic E-state index is -0.430. The van der Waals surface area contributed by atoms with Crippen molar-refractivity contribution >= 4 is 0 Å². The van der Waals surface area contributed by atoms with Crippen LogP contribution in [-0.2, 0) is 12.8 Å². The lowest BCUT2D eigenvalue weighted by molar-refractivity contribution is 0.477. The summed E-state index contributed by atoms with van der Waals surface area (Å²) in [7, 11) is 0. The molecule has 0 heterocycles. The molecule has 112 valence electrons. The van der Waals surface area contributed by atoms with Gasteiger partial charge in [0.25, 0.3) is 0 Å². The normalized spacial score (nSPS) is 12.4. The zero-order valence-electron chi connectivity index (χ0n) is 12.1. The van der Waals surface area contributed by atoms with Crippen LogP contribution < -0.4 is 11.3 Å². The Kier molecular flexibility index (Phi) is 5.42. The first-order valence-corrected chi connectivity index (χ1v) is 7.04. The molecule has 4 heteroatoms. The smallest absolute Gasteiger partial charge is 0.126 e. The highest BCUT2D eigenvalue weighted by atomic mass is 19.1. The van der Waals surface area contributed by atoms with Crippen LogP contribution in [-0.4, -0.2) is 6.04 Å². The molecule has 21 heavy (non-hydrogen) atoms. The van der Waals surface area contributed by atoms with Gasteiger partial charge in [0, 0.05) is 6.04 Å². The van der Waals surface area contributed by atoms with Gasteiger partial charge in [-0.1, -0.05) is 29.8 Å². The van der Waals surface area contributed by atoms with Gasteiger partial charge < -0.3 is 0 Å². The first-order chi connectivity index (χ1) is 10.1. The molecule has 2 nitrogen and oxygen atoms in total. The van der Waals surface area contributed by atoms with Gasteiger partial charge in [0.2, 0.25) is 0 Å². The van der Waals surface area contributed by atoms with Gasteiger partial charge in [-0.3, -0.25) is 11.3 Å². The molecular weight excluding hydrogens is 270 g/mol. The quantitative estimate of drug-likeness (QED) is 0.633. The Labute approximate surface area is 124 Å². The van der Waals surface area contributed by atoms with E-state index in [4.69, 9.17) is 5.84 Å². The molecule has 0 radical (unpaired) electrons. The summed E-state index contributed by atoms with van der Waals surface area (Å²) in [5.74, 6) is 4.71. The second-order valence-corrected chi connectivity index (χ2v) is 5.33. The fourth-order valence-corrected chi connectivity index (χ4v) is 2.42. The summed E-state index contributed by atoms with van der Waals surface area (Å²) < 4.78 is 26.8. The fraction of sp³-hybridized carbons (Fsp3) is 0.294. The predicted octanol–water partition coefficient (Wildman–Crippen LogP) is 3.28. The lowest BCUT2D eigenvalue weighted by atomic mass is 9.98. The summed E-state index contributed by atoms with van der Waals surface area (Å²) in [6.45, 7) is 2.05. The number of aryl methyl sites for hydroxylation is 2. The monoisotopic (exact) mass is 290 g/mol. The molecule has 3 N–H and O–H groups in total. The van der Waals surface area contributed by atoms with Crippen molar-refractivity contribution in [3.05, 3.63) is 70.8 Å². The summed E-state index contributed by atoms with van der Waals surface area (Å²) in [4.78, 5) is 0. The predicted molar refractivity (Wildman–Crippen MR) is 80.7 cm³/mol. The maximum atomic E-state index is 13.6. The Hall–Kier alpha value is -1.78. The summed E-state index contributed by atoms with van der Waals surface area (Å²) >= 11 is 0. The van der Waals surface area contributed by atoms with E-state index in [1.54, 1.807) is 0 Å². The topological polar surface area (TPSA) is 38.0 Å². The number of hydrogen-bond donors (Lipinski definition) is 2. The van der Waals surface area contributed by atoms with Crippen molar-refractivity contribution in [1.29, 1.82) is 0 Å². The van der Waals surface area contributed by atoms with E-state index in [1.807, 2.05) is 19.1 Å². The number of rotatable bonds is 6. The third-order valence-corrected chi connectivity index (χ3v) is 3.57. The average Bonchev–Trinajstić information content (AvgIpc) is 2.47. The minimum Gasteiger partial charge on any atom is -0.271 e. The Morgan fingerprint density at radius 1 is 1.14 bits per heavy atom. The van der Waals surface area contributed by atoms with Gasteiger partial charge >= 0.3 is 0 Å². The van der Waals surface area contributed by atoms with Crippen LogP contribution in [0.25, 0.3) is 0 Å². The summed E-state index contributed by atoms with van der Waals surface area (Å²) in [5, 5.41) is 0. The van der Waals surface area contributed by atoms with Crippen molar-refractivity contribution in [1.82, 2.24) is 5.43 Å². The van der Waals surface area contributed by atoms with Crippen molar-refractivity contribution in [2.45, 2.75) is 32.2 Å². The molecule has 2 rings (SSSR count). The van der Waals surface area contributed by atoms with Crippen LogP contribution in [0, 0.1) is 18.6 Å². The average molecular weight is 290 g/mol. The largest absolute Gasteiger partial charge is 0.271 e. The molecule has 0 saturated heterocycles. The van der Waals surface area contributed by atoms with E-state index in [0.717, 1.165) is 25.0 Å². The molecule has 0 amide bonds. The Balaban J connectivity index is 1.98. The third kappa shape index (κ3) is 4.62. The van der Waals surface area contributed by atoms with Crippen LogP contribution in [0.1, 0.15) is 23.1 Å². The van der Waals surface area contributed by atoms with Crippen molar-refractivity contribution in [2.24, 2.45) is 5.84 Å². The molecule has 2 aromatic carbocycles. The third-order valence-electron chi connectivity index (χ3n) is 3.57. The van der Waals surface area contributed by atoms with Gasteiger partial charge in [-0.2, -0.15) is 0 Å². The SMILES string of the molecule is Cc1cccc(CCC(Cc2cc(F)ccc2F)NN)c1. The van der Waals surface area contributed by atoms with Crippen molar-refractivity contribution in [2.75, 3.05) is 0 Å². The van der Waals surface area contributed by atoms with Gasteiger partial charge in [0.1, 0.15) is 11.6 Å². The number of nitrogens with two attached hydrogens (primary N) is 1. The highest BCUT2D eigenvalue weighted by molar-refractivity contribution is 5.23. The second kappa shape index (κ2) is 7.29. The summed E-state index contributed by atoms with van der Waals surface area (Å²) in [6, 6.07) is 11.6. The molecule has 0 aliphatic heterocycles. The minimum absolute atomic E-state index is 0.0955. The lowest BCUT2D eigenvalue weighted by Gasteiger charge is -2.16. The molecule has 0 aliphatic rings. The lowest BCUT2D eigenvalue weighted by Crippen LogP contribution is -2.37. The van der Waals surface area contributed by atoms with E-state index in [2.05, 4.69) is 17.6 Å². The molecule has 2 aromatic rings. The molecular formula is C17H20F2N2. The Morgan fingerprint density at radius 2 is 1.95 bits per heavy atom. The van der Waals surface area contributed by atoms with Crippen LogP contribution in [0.4, 0.5) is 8.78 Å². The van der Waals surface area contributed by atoms with Gasteiger partial charge in [-0.25, -0.2) is 8.78 Å². The second-order valence-electron chi connectivity index (χ2n) is 5.33. The first kappa shape index (κ1) is 15.6. The van der Waals surface area contributed by atoms with Crippen LogP contribution in [0.3, 0.4) is 0 Å². The highest BCUT2D eigenvalue weighted by Gasteiger charge is 2.12. The number of benzene rings is 2. The summed E-state index contributed by atoms with van der Waals surface area (Å²) in [5.41, 5.74) is 5.47. The summed E-state index contributed by atoms with van der Waals surface area (Å²) in [6.07, 6.45) is 1.97. The Bertz CT molecular complexity index is 599. The van der Waals surface area contributed by atoms with E-state index in [0.29, 0.717) is 12.0 Å². The Morgan fingerprint density at radius 3 is 2.67 bits per heavy atom. The van der Waals surface area contributed by atoms with Crippen molar-refractivity contribution < 1.29 is 8.78 Å². The molecule has 0 fully saturated rings. The molecule has 0 saturated carbocycles. The standard InChI is InChI=1S/C17H20F2N2/c1-12-3-2-4-13(9-12)5-7-16(21-20)11-14-10-15(18)6-8-17(14)19/h2-4,6,8-10,16,21H,5,7,11,20H2,1H3. The molecule has 1 atom stereocenters. The maximum Gasteiger partial charge on any atom is 0.126 e. The van der Waals surface area contributed by atoms with E-state index in [9.17, 15) is 8.78 Å². The number of hydrogen-bond acceptors (Lipinski definition) is 2. The van der Waals surface area contributed by atoms with Gasteiger partial charge in [0.15, 0.2) is 0 Å². The van der Waals surface area contributed by atoms with E-state index in [1.165, 1.54) is 17.2 Å². The van der Waals surface area contributed by atoms with Crippen LogP contribution >= 0.6 is 0 Å². The van der Waals surface area contributed by atoms with E-state index < -0.39 is 11.6 Å². The van der Waals surface area contributed by atoms with Crippen LogP contribution in [0.15, 0.2) is 42.5 Å². The van der Waals surface area contributed by atoms with Crippen LogP contribution in [0.2, 0.25) is 0 Å². The van der Waals surface area contributed by atoms with Crippen molar-refractivity contribution in [3.63, 3.8) is 0 Å². The van der Waals surface area contributed by atoms with Gasteiger partial charge in [-0.05, 0) is 55.5 Å². The molecule has 0 bridgehead atoms. The number of nitrogens with one attached hydrogen (secondary N) is 1. The molecule has 0 aliphatic carbocycles. The zero-order chi connectivity index (χ0) is 15.2. The van der Waals surface area contributed by atoms with Crippen LogP contribution in [0.5, 0.6) is 0 Å². The van der Waals surface area contributed by atoms with E-state index in [-0.39, 0.29) is 6.04 Å². The fourth-order valence-electron chi connectivity index (χ4n) is 2.42. The van der Waals surface area contributed by atoms with E-state index >= 15 is 0 Å². The number of hydrazine groups is 1. The molecule has 0 aromatic heterocycles. The highest BCUT2D eigenvalue weighted by Crippen LogP contribution is 2.15. The molecule has 0 spiro atoms. The number of halogens is 2. The molecule has 1 unspecified atom stereocenters. The first-order valence-electron chi connectivity index (χ1n) is 7.04. The maximum absolute atomic E-state index is 13.6. The zero-order valence-corrected chi connectivity index (χ0v) is 12.1.